The SMILES string of the molecule is N#Cc1ccc(OCC(=O)Nc2ccc(C34CC5CC(CC(C5)C3)C4)cc2)cc1. The highest BCUT2D eigenvalue weighted by atomic mass is 16.5. The molecule has 0 aromatic heterocycles. The van der Waals surface area contributed by atoms with Crippen LogP contribution in [-0.2, 0) is 10.2 Å². The van der Waals surface area contributed by atoms with Gasteiger partial charge in [0.2, 0.25) is 0 Å². The first-order chi connectivity index (χ1) is 14.1. The molecular formula is C25H26N2O2. The molecule has 0 atom stereocenters. The van der Waals surface area contributed by atoms with Crippen molar-refractivity contribution < 1.29 is 9.53 Å². The fourth-order valence-electron chi connectivity index (χ4n) is 6.34. The molecule has 2 aromatic carbocycles. The van der Waals surface area contributed by atoms with Gasteiger partial charge in [0.15, 0.2) is 6.61 Å². The normalized spacial score (nSPS) is 29.3. The van der Waals surface area contributed by atoms with E-state index in [1.807, 2.05) is 12.1 Å². The van der Waals surface area contributed by atoms with Gasteiger partial charge in [0.05, 0.1) is 11.6 Å². The van der Waals surface area contributed by atoms with Crippen LogP contribution < -0.4 is 10.1 Å². The van der Waals surface area contributed by atoms with Gasteiger partial charge in [-0.05, 0) is 104 Å². The molecule has 4 heteroatoms. The molecule has 0 radical (unpaired) electrons. The minimum absolute atomic E-state index is 0.0529. The maximum atomic E-state index is 12.2. The van der Waals surface area contributed by atoms with E-state index in [9.17, 15) is 4.79 Å². The highest BCUT2D eigenvalue weighted by Crippen LogP contribution is 2.60. The molecule has 0 unspecified atom stereocenters. The van der Waals surface area contributed by atoms with Gasteiger partial charge in [-0.25, -0.2) is 0 Å². The van der Waals surface area contributed by atoms with Crippen molar-refractivity contribution in [2.75, 3.05) is 11.9 Å². The molecule has 0 aliphatic heterocycles. The van der Waals surface area contributed by atoms with Gasteiger partial charge in [-0.2, -0.15) is 5.26 Å². The van der Waals surface area contributed by atoms with E-state index in [0.29, 0.717) is 16.7 Å². The number of ether oxygens (including phenoxy) is 1. The van der Waals surface area contributed by atoms with Crippen molar-refractivity contribution in [1.29, 1.82) is 5.26 Å². The minimum atomic E-state index is -0.183. The molecule has 0 saturated heterocycles. The summed E-state index contributed by atoms with van der Waals surface area (Å²) < 4.78 is 5.51. The van der Waals surface area contributed by atoms with Crippen LogP contribution in [0.25, 0.3) is 0 Å². The van der Waals surface area contributed by atoms with Crippen LogP contribution in [0.1, 0.15) is 49.7 Å². The second kappa shape index (κ2) is 7.22. The Morgan fingerprint density at radius 1 is 0.966 bits per heavy atom. The number of carbonyl (C=O) groups excluding carboxylic acids is 1. The minimum Gasteiger partial charge on any atom is -0.484 e. The van der Waals surface area contributed by atoms with E-state index in [1.54, 1.807) is 24.3 Å². The van der Waals surface area contributed by atoms with E-state index in [0.717, 1.165) is 23.4 Å². The summed E-state index contributed by atoms with van der Waals surface area (Å²) in [6.45, 7) is -0.0529. The van der Waals surface area contributed by atoms with Crippen molar-refractivity contribution in [2.24, 2.45) is 17.8 Å². The van der Waals surface area contributed by atoms with E-state index in [1.165, 1.54) is 44.1 Å². The molecule has 4 fully saturated rings. The summed E-state index contributed by atoms with van der Waals surface area (Å²) in [5.74, 6) is 3.19. The van der Waals surface area contributed by atoms with Crippen LogP contribution in [0.5, 0.6) is 5.75 Å². The maximum absolute atomic E-state index is 12.2. The van der Waals surface area contributed by atoms with Crippen LogP contribution in [0.3, 0.4) is 0 Å². The summed E-state index contributed by atoms with van der Waals surface area (Å²) in [4.78, 5) is 12.2. The fraction of sp³-hybridized carbons (Fsp3) is 0.440. The number of rotatable bonds is 5. The average Bonchev–Trinajstić information content (AvgIpc) is 2.72. The lowest BCUT2D eigenvalue weighted by atomic mass is 9.48. The molecule has 0 spiro atoms. The Kier molecular flexibility index (Phi) is 4.54. The average molecular weight is 386 g/mol. The Labute approximate surface area is 171 Å². The third-order valence-corrected chi connectivity index (χ3v) is 7.17. The first-order valence-corrected chi connectivity index (χ1v) is 10.7. The summed E-state index contributed by atoms with van der Waals surface area (Å²) >= 11 is 0. The van der Waals surface area contributed by atoms with E-state index in [-0.39, 0.29) is 12.5 Å². The van der Waals surface area contributed by atoms with Gasteiger partial charge in [0.25, 0.3) is 5.91 Å². The van der Waals surface area contributed by atoms with E-state index >= 15 is 0 Å². The predicted molar refractivity (Wildman–Crippen MR) is 112 cm³/mol. The Morgan fingerprint density at radius 2 is 1.55 bits per heavy atom. The van der Waals surface area contributed by atoms with Gasteiger partial charge in [-0.15, -0.1) is 0 Å². The lowest BCUT2D eigenvalue weighted by Gasteiger charge is -2.57. The van der Waals surface area contributed by atoms with Crippen molar-refractivity contribution in [3.63, 3.8) is 0 Å². The Bertz CT molecular complexity index is 905. The second-order valence-corrected chi connectivity index (χ2v) is 9.25. The zero-order chi connectivity index (χ0) is 19.8. The van der Waals surface area contributed by atoms with Crippen molar-refractivity contribution in [3.8, 4) is 11.8 Å². The summed E-state index contributed by atoms with van der Waals surface area (Å²) in [6.07, 6.45) is 8.40. The highest BCUT2D eigenvalue weighted by molar-refractivity contribution is 5.91. The molecule has 1 amide bonds. The first-order valence-electron chi connectivity index (χ1n) is 10.7. The number of hydrogen-bond donors (Lipinski definition) is 1. The zero-order valence-electron chi connectivity index (χ0n) is 16.6. The van der Waals surface area contributed by atoms with Gasteiger partial charge >= 0.3 is 0 Å². The maximum Gasteiger partial charge on any atom is 0.262 e. The Morgan fingerprint density at radius 3 is 2.10 bits per heavy atom. The Hall–Kier alpha value is -2.80. The van der Waals surface area contributed by atoms with Crippen molar-refractivity contribution in [3.05, 3.63) is 59.7 Å². The third-order valence-electron chi connectivity index (χ3n) is 7.17. The van der Waals surface area contributed by atoms with Crippen LogP contribution in [0, 0.1) is 29.1 Å². The number of carbonyl (C=O) groups is 1. The zero-order valence-corrected chi connectivity index (χ0v) is 16.6. The standard InChI is InChI=1S/C25H26N2O2/c26-15-17-1-7-23(8-2-17)29-16-24(28)27-22-5-3-21(4-6-22)25-12-18-9-19(13-25)11-20(10-18)14-25/h1-8,18-20H,9-14,16H2,(H,27,28). The quantitative estimate of drug-likeness (QED) is 0.783. The molecule has 1 N–H and O–H groups in total. The summed E-state index contributed by atoms with van der Waals surface area (Å²) in [7, 11) is 0. The number of nitrogens with one attached hydrogen (secondary N) is 1. The molecule has 4 aliphatic carbocycles. The fourth-order valence-corrected chi connectivity index (χ4v) is 6.34. The summed E-state index contributed by atoms with van der Waals surface area (Å²) in [6, 6.07) is 17.3. The van der Waals surface area contributed by atoms with E-state index < -0.39 is 0 Å². The van der Waals surface area contributed by atoms with Crippen molar-refractivity contribution >= 4 is 11.6 Å². The lowest BCUT2D eigenvalue weighted by molar-refractivity contribution is -0.118. The van der Waals surface area contributed by atoms with Gasteiger partial charge in [-0.1, -0.05) is 12.1 Å². The Balaban J connectivity index is 1.19. The van der Waals surface area contributed by atoms with E-state index in [2.05, 4.69) is 23.5 Å². The van der Waals surface area contributed by atoms with Gasteiger partial charge < -0.3 is 10.1 Å². The highest BCUT2D eigenvalue weighted by Gasteiger charge is 2.51. The molecule has 29 heavy (non-hydrogen) atoms. The molecule has 2 aromatic rings. The van der Waals surface area contributed by atoms with Crippen molar-refractivity contribution in [2.45, 2.75) is 43.9 Å². The number of nitrogens with zero attached hydrogens (tertiary/aromatic N) is 1. The number of hydrogen-bond acceptors (Lipinski definition) is 3. The number of benzene rings is 2. The third kappa shape index (κ3) is 3.62. The summed E-state index contributed by atoms with van der Waals surface area (Å²) in [5, 5.41) is 11.7. The second-order valence-electron chi connectivity index (χ2n) is 9.25. The molecule has 4 saturated carbocycles. The van der Waals surface area contributed by atoms with E-state index in [4.69, 9.17) is 10.00 Å². The monoisotopic (exact) mass is 386 g/mol. The van der Waals surface area contributed by atoms with Crippen molar-refractivity contribution in [1.82, 2.24) is 0 Å². The van der Waals surface area contributed by atoms with Gasteiger partial charge in [0.1, 0.15) is 5.75 Å². The molecule has 6 rings (SSSR count). The molecule has 4 bridgehead atoms. The topological polar surface area (TPSA) is 62.1 Å². The number of amides is 1. The van der Waals surface area contributed by atoms with Crippen LogP contribution in [-0.4, -0.2) is 12.5 Å². The van der Waals surface area contributed by atoms with Gasteiger partial charge in [0, 0.05) is 5.69 Å². The lowest BCUT2D eigenvalue weighted by Crippen LogP contribution is -2.48. The largest absolute Gasteiger partial charge is 0.484 e. The predicted octanol–water partition coefficient (Wildman–Crippen LogP) is 5.04. The molecule has 0 heterocycles. The number of nitriles is 1. The van der Waals surface area contributed by atoms with Gasteiger partial charge in [-0.3, -0.25) is 4.79 Å². The van der Waals surface area contributed by atoms with Crippen LogP contribution in [0.15, 0.2) is 48.5 Å². The van der Waals surface area contributed by atoms with Crippen LogP contribution >= 0.6 is 0 Å². The first kappa shape index (κ1) is 18.2. The number of anilines is 1. The summed E-state index contributed by atoms with van der Waals surface area (Å²) in [5.41, 5.74) is 3.23. The molecular weight excluding hydrogens is 360 g/mol. The van der Waals surface area contributed by atoms with Crippen LogP contribution in [0.4, 0.5) is 5.69 Å². The smallest absolute Gasteiger partial charge is 0.262 e. The van der Waals surface area contributed by atoms with Crippen LogP contribution in [0.2, 0.25) is 0 Å². The molecule has 4 aliphatic rings. The molecule has 4 nitrogen and oxygen atoms in total. The molecule has 148 valence electrons.